The van der Waals surface area contributed by atoms with Crippen molar-refractivity contribution in [2.24, 2.45) is 0 Å². The largest absolute Gasteiger partial charge is 0.490 e. The van der Waals surface area contributed by atoms with E-state index in [0.717, 1.165) is 11.1 Å². The van der Waals surface area contributed by atoms with Gasteiger partial charge < -0.3 is 24.3 Å². The normalized spacial score (nSPS) is 10.2. The van der Waals surface area contributed by atoms with Crippen LogP contribution in [0.3, 0.4) is 0 Å². The van der Waals surface area contributed by atoms with Crippen LogP contribution in [0.2, 0.25) is 0 Å². The van der Waals surface area contributed by atoms with Crippen molar-refractivity contribution >= 4 is 17.6 Å². The molecule has 0 unspecified atom stereocenters. The second-order valence-electron chi connectivity index (χ2n) is 6.27. The highest BCUT2D eigenvalue weighted by atomic mass is 16.6. The molecule has 0 atom stereocenters. The van der Waals surface area contributed by atoms with Crippen LogP contribution in [0.4, 0.5) is 5.69 Å². The number of aryl methyl sites for hydroxylation is 2. The summed E-state index contributed by atoms with van der Waals surface area (Å²) >= 11 is 0. The minimum Gasteiger partial charge on any atom is -0.490 e. The van der Waals surface area contributed by atoms with Crippen molar-refractivity contribution in [1.82, 2.24) is 0 Å². The van der Waals surface area contributed by atoms with Gasteiger partial charge in [-0.2, -0.15) is 0 Å². The van der Waals surface area contributed by atoms with E-state index in [1.165, 1.54) is 0 Å². The summed E-state index contributed by atoms with van der Waals surface area (Å²) in [5.41, 5.74) is 2.72. The Labute approximate surface area is 170 Å². The highest BCUT2D eigenvalue weighted by Gasteiger charge is 2.11. The predicted octanol–water partition coefficient (Wildman–Crippen LogP) is 3.66. The Bertz CT molecular complexity index is 849. The van der Waals surface area contributed by atoms with Crippen LogP contribution in [0, 0.1) is 13.8 Å². The Kier molecular flexibility index (Phi) is 8.33. The molecule has 0 radical (unpaired) electrons. The minimum atomic E-state index is -0.625. The maximum Gasteiger partial charge on any atom is 0.344 e. The van der Waals surface area contributed by atoms with Crippen molar-refractivity contribution < 1.29 is 28.5 Å². The third kappa shape index (κ3) is 7.03. The summed E-state index contributed by atoms with van der Waals surface area (Å²) in [5, 5.41) is 2.66. The first-order chi connectivity index (χ1) is 13.9. The Morgan fingerprint density at radius 2 is 1.55 bits per heavy atom. The molecular formula is C22H27NO6. The molecule has 1 N–H and O–H groups in total. The Morgan fingerprint density at radius 1 is 0.828 bits per heavy atom. The van der Waals surface area contributed by atoms with E-state index < -0.39 is 18.5 Å². The molecule has 0 aliphatic rings. The topological polar surface area (TPSA) is 83.1 Å². The van der Waals surface area contributed by atoms with Gasteiger partial charge in [0.2, 0.25) is 0 Å². The first kappa shape index (κ1) is 22.1. The monoisotopic (exact) mass is 401 g/mol. The fourth-order valence-corrected chi connectivity index (χ4v) is 2.46. The summed E-state index contributed by atoms with van der Waals surface area (Å²) in [5.74, 6) is 0.622. The van der Waals surface area contributed by atoms with Gasteiger partial charge in [-0.3, -0.25) is 4.79 Å². The van der Waals surface area contributed by atoms with Crippen molar-refractivity contribution in [3.05, 3.63) is 47.5 Å². The number of anilines is 1. The van der Waals surface area contributed by atoms with E-state index in [9.17, 15) is 9.59 Å². The predicted molar refractivity (Wildman–Crippen MR) is 110 cm³/mol. The molecule has 7 heteroatoms. The maximum absolute atomic E-state index is 12.1. The second-order valence-corrected chi connectivity index (χ2v) is 6.27. The number of ether oxygens (including phenoxy) is 4. The molecule has 0 saturated heterocycles. The fourth-order valence-electron chi connectivity index (χ4n) is 2.46. The second kappa shape index (κ2) is 10.9. The number of benzene rings is 2. The number of hydrogen-bond donors (Lipinski definition) is 1. The van der Waals surface area contributed by atoms with Crippen molar-refractivity contribution in [2.75, 3.05) is 31.7 Å². The summed E-state index contributed by atoms with van der Waals surface area (Å²) in [7, 11) is 0. The van der Waals surface area contributed by atoms with Gasteiger partial charge in [-0.25, -0.2) is 4.79 Å². The average molecular weight is 401 g/mol. The smallest absolute Gasteiger partial charge is 0.344 e. The van der Waals surface area contributed by atoms with Crippen LogP contribution in [0.25, 0.3) is 0 Å². The summed E-state index contributed by atoms with van der Waals surface area (Å²) in [6, 6.07) is 10.6. The molecule has 0 aliphatic heterocycles. The zero-order chi connectivity index (χ0) is 21.2. The molecule has 0 fully saturated rings. The van der Waals surface area contributed by atoms with Gasteiger partial charge in [-0.1, -0.05) is 6.07 Å². The lowest BCUT2D eigenvalue weighted by atomic mass is 10.1. The van der Waals surface area contributed by atoms with Crippen molar-refractivity contribution in [3.63, 3.8) is 0 Å². The molecule has 0 saturated carbocycles. The summed E-state index contributed by atoms with van der Waals surface area (Å²) in [4.78, 5) is 23.9. The number of amides is 1. The molecule has 2 aromatic carbocycles. The van der Waals surface area contributed by atoms with Gasteiger partial charge in [0, 0.05) is 11.8 Å². The highest BCUT2D eigenvalue weighted by Crippen LogP contribution is 2.30. The van der Waals surface area contributed by atoms with Crippen LogP contribution < -0.4 is 19.5 Å². The molecule has 0 bridgehead atoms. The zero-order valence-corrected chi connectivity index (χ0v) is 17.2. The molecule has 29 heavy (non-hydrogen) atoms. The van der Waals surface area contributed by atoms with Crippen LogP contribution in [-0.2, 0) is 14.3 Å². The first-order valence-electron chi connectivity index (χ1n) is 9.48. The number of carbonyl (C=O) groups is 2. The lowest BCUT2D eigenvalue weighted by molar-refractivity contribution is -0.149. The third-order valence-electron chi connectivity index (χ3n) is 4.03. The van der Waals surface area contributed by atoms with Crippen molar-refractivity contribution in [1.29, 1.82) is 0 Å². The van der Waals surface area contributed by atoms with Crippen molar-refractivity contribution in [2.45, 2.75) is 27.7 Å². The Hall–Kier alpha value is -3.22. The summed E-state index contributed by atoms with van der Waals surface area (Å²) < 4.78 is 21.4. The fraction of sp³-hybridized carbons (Fsp3) is 0.364. The quantitative estimate of drug-likeness (QED) is 0.612. The minimum absolute atomic E-state index is 0.271. The molecule has 0 aliphatic carbocycles. The number of rotatable bonds is 10. The third-order valence-corrected chi connectivity index (χ3v) is 4.03. The molecule has 2 rings (SSSR count). The number of esters is 1. The van der Waals surface area contributed by atoms with E-state index in [-0.39, 0.29) is 6.61 Å². The van der Waals surface area contributed by atoms with Crippen molar-refractivity contribution in [3.8, 4) is 17.2 Å². The molecular weight excluding hydrogens is 374 g/mol. The zero-order valence-electron chi connectivity index (χ0n) is 17.2. The van der Waals surface area contributed by atoms with Crippen LogP contribution >= 0.6 is 0 Å². The van der Waals surface area contributed by atoms with Crippen LogP contribution in [0.5, 0.6) is 17.2 Å². The highest BCUT2D eigenvalue weighted by molar-refractivity contribution is 5.93. The van der Waals surface area contributed by atoms with E-state index in [2.05, 4.69) is 5.32 Å². The van der Waals surface area contributed by atoms with E-state index in [0.29, 0.717) is 36.1 Å². The van der Waals surface area contributed by atoms with E-state index >= 15 is 0 Å². The molecule has 1 amide bonds. The molecule has 156 valence electrons. The van der Waals surface area contributed by atoms with E-state index in [4.69, 9.17) is 18.9 Å². The number of nitrogens with one attached hydrogen (secondary N) is 1. The maximum atomic E-state index is 12.1. The van der Waals surface area contributed by atoms with Gasteiger partial charge in [0.25, 0.3) is 5.91 Å². The van der Waals surface area contributed by atoms with Gasteiger partial charge in [-0.15, -0.1) is 0 Å². The Balaban J connectivity index is 1.81. The molecule has 7 nitrogen and oxygen atoms in total. The average Bonchev–Trinajstić information content (AvgIpc) is 2.69. The lowest BCUT2D eigenvalue weighted by Crippen LogP contribution is -2.23. The summed E-state index contributed by atoms with van der Waals surface area (Å²) in [6.07, 6.45) is 0. The van der Waals surface area contributed by atoms with Gasteiger partial charge in [0.05, 0.1) is 13.2 Å². The van der Waals surface area contributed by atoms with Crippen LogP contribution in [-0.4, -0.2) is 38.3 Å². The standard InChI is InChI=1S/C22H27NO6/c1-5-26-19-10-8-17(12-20(19)27-6-2)23-21(24)13-29-22(25)14-28-18-9-7-15(3)16(4)11-18/h7-12H,5-6,13-14H2,1-4H3,(H,23,24). The van der Waals surface area contributed by atoms with E-state index in [1.54, 1.807) is 24.3 Å². The number of carbonyl (C=O) groups excluding carboxylic acids is 2. The van der Waals surface area contributed by atoms with Crippen LogP contribution in [0.1, 0.15) is 25.0 Å². The molecule has 2 aromatic rings. The van der Waals surface area contributed by atoms with Gasteiger partial charge in [0.1, 0.15) is 5.75 Å². The molecule has 0 aromatic heterocycles. The molecule has 0 heterocycles. The lowest BCUT2D eigenvalue weighted by Gasteiger charge is -2.13. The SMILES string of the molecule is CCOc1ccc(NC(=O)COC(=O)COc2ccc(C)c(C)c2)cc1OCC. The summed E-state index contributed by atoms with van der Waals surface area (Å²) in [6.45, 7) is 7.99. The van der Waals surface area contributed by atoms with Gasteiger partial charge in [-0.05, 0) is 63.1 Å². The Morgan fingerprint density at radius 3 is 2.24 bits per heavy atom. The van der Waals surface area contributed by atoms with Crippen LogP contribution in [0.15, 0.2) is 36.4 Å². The first-order valence-corrected chi connectivity index (χ1v) is 9.48. The van der Waals surface area contributed by atoms with Gasteiger partial charge >= 0.3 is 5.97 Å². The van der Waals surface area contributed by atoms with Gasteiger partial charge in [0.15, 0.2) is 24.7 Å². The number of hydrogen-bond acceptors (Lipinski definition) is 6. The van der Waals surface area contributed by atoms with E-state index in [1.807, 2.05) is 39.8 Å². The molecule has 0 spiro atoms.